The molecule has 1 aromatic carbocycles. The second kappa shape index (κ2) is 7.66. The van der Waals surface area contributed by atoms with Crippen molar-refractivity contribution in [1.82, 2.24) is 15.0 Å². The fraction of sp³-hybridized carbons (Fsp3) is 0.211. The van der Waals surface area contributed by atoms with Crippen molar-refractivity contribution in [2.45, 2.75) is 12.5 Å². The van der Waals surface area contributed by atoms with E-state index in [9.17, 15) is 5.11 Å². The van der Waals surface area contributed by atoms with Crippen molar-refractivity contribution in [3.05, 3.63) is 72.7 Å². The summed E-state index contributed by atoms with van der Waals surface area (Å²) in [6.45, 7) is 0.659. The SMILES string of the molecule is CN(CC[C@@H](O)c1ccccc1)c1nccc(-c2cccnc2)n1. The molecule has 0 bridgehead atoms. The minimum atomic E-state index is -0.491. The van der Waals surface area contributed by atoms with Crippen LogP contribution in [0.15, 0.2) is 67.1 Å². The molecule has 0 fully saturated rings. The number of aliphatic hydroxyl groups is 1. The zero-order valence-electron chi connectivity index (χ0n) is 13.6. The third-order valence-electron chi connectivity index (χ3n) is 3.86. The first-order chi connectivity index (χ1) is 11.7. The Morgan fingerprint density at radius 2 is 1.88 bits per heavy atom. The van der Waals surface area contributed by atoms with Gasteiger partial charge in [-0.25, -0.2) is 9.97 Å². The predicted molar refractivity (Wildman–Crippen MR) is 94.6 cm³/mol. The van der Waals surface area contributed by atoms with E-state index in [-0.39, 0.29) is 0 Å². The van der Waals surface area contributed by atoms with Gasteiger partial charge < -0.3 is 10.0 Å². The van der Waals surface area contributed by atoms with Gasteiger partial charge in [0, 0.05) is 37.7 Å². The Labute approximate surface area is 141 Å². The highest BCUT2D eigenvalue weighted by atomic mass is 16.3. The maximum Gasteiger partial charge on any atom is 0.225 e. The van der Waals surface area contributed by atoms with Crippen LogP contribution in [-0.2, 0) is 0 Å². The summed E-state index contributed by atoms with van der Waals surface area (Å²) < 4.78 is 0. The lowest BCUT2D eigenvalue weighted by molar-refractivity contribution is 0.169. The molecule has 5 heteroatoms. The largest absolute Gasteiger partial charge is 0.388 e. The van der Waals surface area contributed by atoms with E-state index in [1.807, 2.05) is 60.5 Å². The Bertz CT molecular complexity index is 765. The van der Waals surface area contributed by atoms with Crippen molar-refractivity contribution >= 4 is 5.95 Å². The molecule has 3 aromatic rings. The standard InChI is InChI=1S/C19H20N4O/c1-23(13-10-18(24)15-6-3-2-4-7-15)19-21-12-9-17(22-19)16-8-5-11-20-14-16/h2-9,11-12,14,18,24H,10,13H2,1H3/t18-/m1/s1. The van der Waals surface area contributed by atoms with Gasteiger partial charge in [0.2, 0.25) is 5.95 Å². The van der Waals surface area contributed by atoms with Crippen LogP contribution in [0.4, 0.5) is 5.95 Å². The summed E-state index contributed by atoms with van der Waals surface area (Å²) in [6.07, 6.45) is 5.39. The van der Waals surface area contributed by atoms with Crippen molar-refractivity contribution in [3.63, 3.8) is 0 Å². The van der Waals surface area contributed by atoms with Gasteiger partial charge in [-0.15, -0.1) is 0 Å². The van der Waals surface area contributed by atoms with Crippen LogP contribution in [-0.4, -0.2) is 33.7 Å². The number of aromatic nitrogens is 3. The highest BCUT2D eigenvalue weighted by Gasteiger charge is 2.11. The van der Waals surface area contributed by atoms with Crippen LogP contribution in [0.25, 0.3) is 11.3 Å². The van der Waals surface area contributed by atoms with E-state index in [4.69, 9.17) is 0 Å². The van der Waals surface area contributed by atoms with Gasteiger partial charge >= 0.3 is 0 Å². The normalized spacial score (nSPS) is 11.9. The number of hydrogen-bond donors (Lipinski definition) is 1. The van der Waals surface area contributed by atoms with E-state index < -0.39 is 6.10 Å². The zero-order valence-corrected chi connectivity index (χ0v) is 13.6. The number of rotatable bonds is 6. The Kier molecular flexibility index (Phi) is 5.13. The first kappa shape index (κ1) is 16.1. The molecular formula is C19H20N4O. The van der Waals surface area contributed by atoms with Crippen molar-refractivity contribution in [3.8, 4) is 11.3 Å². The van der Waals surface area contributed by atoms with Gasteiger partial charge in [0.15, 0.2) is 0 Å². The Morgan fingerprint density at radius 3 is 2.62 bits per heavy atom. The number of anilines is 1. The molecule has 0 saturated carbocycles. The molecule has 5 nitrogen and oxygen atoms in total. The van der Waals surface area contributed by atoms with E-state index in [0.717, 1.165) is 16.8 Å². The van der Waals surface area contributed by atoms with Crippen molar-refractivity contribution in [2.24, 2.45) is 0 Å². The third-order valence-corrected chi connectivity index (χ3v) is 3.86. The highest BCUT2D eigenvalue weighted by Crippen LogP contribution is 2.19. The van der Waals surface area contributed by atoms with Crippen LogP contribution < -0.4 is 4.90 Å². The number of aliphatic hydroxyl groups excluding tert-OH is 1. The lowest BCUT2D eigenvalue weighted by atomic mass is 10.1. The van der Waals surface area contributed by atoms with Crippen LogP contribution in [0.5, 0.6) is 0 Å². The quantitative estimate of drug-likeness (QED) is 0.756. The van der Waals surface area contributed by atoms with Crippen LogP contribution in [0, 0.1) is 0 Å². The molecule has 0 radical (unpaired) electrons. The summed E-state index contributed by atoms with van der Waals surface area (Å²) in [4.78, 5) is 15.0. The van der Waals surface area contributed by atoms with Crippen LogP contribution in [0.1, 0.15) is 18.1 Å². The molecule has 2 aromatic heterocycles. The van der Waals surface area contributed by atoms with Gasteiger partial charge in [-0.05, 0) is 30.2 Å². The average Bonchev–Trinajstić information content (AvgIpc) is 2.67. The molecule has 24 heavy (non-hydrogen) atoms. The first-order valence-electron chi connectivity index (χ1n) is 7.91. The zero-order chi connectivity index (χ0) is 16.8. The lowest BCUT2D eigenvalue weighted by Gasteiger charge is -2.19. The third kappa shape index (κ3) is 3.94. The molecule has 0 unspecified atom stereocenters. The summed E-state index contributed by atoms with van der Waals surface area (Å²) in [7, 11) is 1.93. The summed E-state index contributed by atoms with van der Waals surface area (Å²) in [5, 5.41) is 10.3. The predicted octanol–water partition coefficient (Wildman–Crippen LogP) is 3.10. The van der Waals surface area contributed by atoms with Crippen molar-refractivity contribution < 1.29 is 5.11 Å². The molecule has 122 valence electrons. The van der Waals surface area contributed by atoms with Gasteiger partial charge in [-0.3, -0.25) is 4.98 Å². The monoisotopic (exact) mass is 320 g/mol. The molecule has 1 atom stereocenters. The van der Waals surface area contributed by atoms with Gasteiger partial charge in [0.05, 0.1) is 11.8 Å². The van der Waals surface area contributed by atoms with Crippen LogP contribution in [0.2, 0.25) is 0 Å². The van der Waals surface area contributed by atoms with E-state index in [2.05, 4.69) is 15.0 Å². The number of benzene rings is 1. The Hall–Kier alpha value is -2.79. The van der Waals surface area contributed by atoms with Crippen molar-refractivity contribution in [2.75, 3.05) is 18.5 Å². The summed E-state index contributed by atoms with van der Waals surface area (Å²) in [6, 6.07) is 15.4. The van der Waals surface area contributed by atoms with Crippen LogP contribution in [0.3, 0.4) is 0 Å². The van der Waals surface area contributed by atoms with Gasteiger partial charge in [-0.1, -0.05) is 30.3 Å². The van der Waals surface area contributed by atoms with Gasteiger partial charge in [0.1, 0.15) is 0 Å². The topological polar surface area (TPSA) is 62.1 Å². The molecule has 0 aliphatic rings. The van der Waals surface area contributed by atoms with E-state index >= 15 is 0 Å². The first-order valence-corrected chi connectivity index (χ1v) is 7.91. The highest BCUT2D eigenvalue weighted by molar-refractivity contribution is 5.58. The molecule has 0 amide bonds. The van der Waals surface area contributed by atoms with Crippen molar-refractivity contribution in [1.29, 1.82) is 0 Å². The summed E-state index contributed by atoms with van der Waals surface area (Å²) in [5.41, 5.74) is 2.72. The molecule has 0 aliphatic carbocycles. The number of nitrogens with zero attached hydrogens (tertiary/aromatic N) is 4. The molecule has 0 aliphatic heterocycles. The molecular weight excluding hydrogens is 300 g/mol. The maximum absolute atomic E-state index is 10.3. The Balaban J connectivity index is 1.66. The van der Waals surface area contributed by atoms with Gasteiger partial charge in [-0.2, -0.15) is 0 Å². The molecule has 0 spiro atoms. The lowest BCUT2D eigenvalue weighted by Crippen LogP contribution is -2.22. The van der Waals surface area contributed by atoms with E-state index in [1.165, 1.54) is 0 Å². The minimum Gasteiger partial charge on any atom is -0.388 e. The minimum absolute atomic E-state index is 0.491. The van der Waals surface area contributed by atoms with E-state index in [0.29, 0.717) is 18.9 Å². The average molecular weight is 320 g/mol. The molecule has 0 saturated heterocycles. The Morgan fingerprint density at radius 1 is 1.04 bits per heavy atom. The summed E-state index contributed by atoms with van der Waals surface area (Å²) in [5.74, 6) is 0.636. The number of hydrogen-bond acceptors (Lipinski definition) is 5. The summed E-state index contributed by atoms with van der Waals surface area (Å²) >= 11 is 0. The molecule has 3 rings (SSSR count). The molecule has 2 heterocycles. The fourth-order valence-corrected chi connectivity index (χ4v) is 2.47. The second-order valence-corrected chi connectivity index (χ2v) is 5.62. The fourth-order valence-electron chi connectivity index (χ4n) is 2.47. The second-order valence-electron chi connectivity index (χ2n) is 5.62. The van der Waals surface area contributed by atoms with E-state index in [1.54, 1.807) is 18.6 Å². The number of pyridine rings is 1. The smallest absolute Gasteiger partial charge is 0.225 e. The maximum atomic E-state index is 10.3. The molecule has 1 N–H and O–H groups in total. The van der Waals surface area contributed by atoms with Crippen LogP contribution >= 0.6 is 0 Å². The van der Waals surface area contributed by atoms with Gasteiger partial charge in [0.25, 0.3) is 0 Å².